The van der Waals surface area contributed by atoms with Crippen LogP contribution in [0.25, 0.3) is 0 Å². The Morgan fingerprint density at radius 3 is 2.96 bits per heavy atom. The van der Waals surface area contributed by atoms with E-state index < -0.39 is 5.60 Å². The summed E-state index contributed by atoms with van der Waals surface area (Å²) in [6, 6.07) is 6.14. The van der Waals surface area contributed by atoms with Gasteiger partial charge in [0.25, 0.3) is 5.91 Å². The maximum atomic E-state index is 13.3. The third-order valence-corrected chi connectivity index (χ3v) is 4.32. The van der Waals surface area contributed by atoms with Gasteiger partial charge >= 0.3 is 0 Å². The van der Waals surface area contributed by atoms with Crippen molar-refractivity contribution in [2.45, 2.75) is 18.9 Å². The van der Waals surface area contributed by atoms with Crippen LogP contribution in [0.3, 0.4) is 0 Å². The zero-order valence-electron chi connectivity index (χ0n) is 13.8. The average molecular weight is 335 g/mol. The van der Waals surface area contributed by atoms with E-state index in [2.05, 4.69) is 15.4 Å². The molecule has 3 rings (SSSR count). The second-order valence-electron chi connectivity index (χ2n) is 6.26. The highest BCUT2D eigenvalue weighted by Gasteiger charge is 2.42. The van der Waals surface area contributed by atoms with E-state index in [4.69, 9.17) is 9.57 Å². The lowest BCUT2D eigenvalue weighted by Crippen LogP contribution is -2.48. The number of carbonyl (C=O) groups excluding carboxylic acids is 1. The molecule has 1 N–H and O–H groups in total. The second kappa shape index (κ2) is 7.27. The van der Waals surface area contributed by atoms with Crippen molar-refractivity contribution < 1.29 is 18.8 Å². The molecule has 0 unspecified atom stereocenters. The Hall–Kier alpha value is -1.99. The zero-order chi connectivity index (χ0) is 17.0. The molecule has 1 amide bonds. The Balaban J connectivity index is 1.50. The number of carbonyl (C=O) groups is 1. The molecule has 0 spiro atoms. The molecule has 24 heavy (non-hydrogen) atoms. The Labute approximate surface area is 140 Å². The van der Waals surface area contributed by atoms with E-state index >= 15 is 0 Å². The molecule has 0 radical (unpaired) electrons. The summed E-state index contributed by atoms with van der Waals surface area (Å²) in [6.07, 6.45) is 0.319. The molecule has 1 fully saturated rings. The molecule has 2 heterocycles. The van der Waals surface area contributed by atoms with Crippen LogP contribution in [0.5, 0.6) is 0 Å². The highest BCUT2D eigenvalue weighted by atomic mass is 19.1. The number of nitrogens with zero attached hydrogens (tertiary/aromatic N) is 2. The van der Waals surface area contributed by atoms with E-state index in [-0.39, 0.29) is 11.7 Å². The lowest BCUT2D eigenvalue weighted by Gasteiger charge is -2.27. The van der Waals surface area contributed by atoms with Gasteiger partial charge in [-0.15, -0.1) is 0 Å². The largest absolute Gasteiger partial charge is 0.379 e. The standard InChI is InChI=1S/C17H22FN3O3/c1-17(16(22)19-5-6-21-7-9-23-10-8-21)12-15(20-24-17)13-3-2-4-14(18)11-13/h2-4,11H,5-10,12H2,1H3,(H,19,22)/t17-/m0/s1. The fourth-order valence-electron chi connectivity index (χ4n) is 2.82. The van der Waals surface area contributed by atoms with Gasteiger partial charge in [0.1, 0.15) is 5.82 Å². The first-order chi connectivity index (χ1) is 11.6. The van der Waals surface area contributed by atoms with E-state index in [1.54, 1.807) is 19.1 Å². The summed E-state index contributed by atoms with van der Waals surface area (Å²) >= 11 is 0. The van der Waals surface area contributed by atoms with Crippen molar-refractivity contribution in [2.75, 3.05) is 39.4 Å². The number of hydrogen-bond acceptors (Lipinski definition) is 5. The van der Waals surface area contributed by atoms with Crippen molar-refractivity contribution in [1.82, 2.24) is 10.2 Å². The molecule has 6 nitrogen and oxygen atoms in total. The topological polar surface area (TPSA) is 63.2 Å². The number of halogens is 1. The first-order valence-corrected chi connectivity index (χ1v) is 8.16. The summed E-state index contributed by atoms with van der Waals surface area (Å²) in [4.78, 5) is 20.0. The summed E-state index contributed by atoms with van der Waals surface area (Å²) < 4.78 is 18.6. The predicted octanol–water partition coefficient (Wildman–Crippen LogP) is 1.16. The Bertz CT molecular complexity index is 631. The van der Waals surface area contributed by atoms with Crippen LogP contribution in [0.2, 0.25) is 0 Å². The van der Waals surface area contributed by atoms with Crippen LogP contribution in [-0.4, -0.2) is 61.5 Å². The summed E-state index contributed by atoms with van der Waals surface area (Å²) in [5.74, 6) is -0.537. The number of ether oxygens (including phenoxy) is 1. The minimum atomic E-state index is -1.05. The fourth-order valence-corrected chi connectivity index (χ4v) is 2.82. The predicted molar refractivity (Wildman–Crippen MR) is 87.3 cm³/mol. The summed E-state index contributed by atoms with van der Waals surface area (Å²) in [5.41, 5.74) is 0.173. The number of rotatable bonds is 5. The quantitative estimate of drug-likeness (QED) is 0.877. The van der Waals surface area contributed by atoms with E-state index in [0.717, 1.165) is 32.8 Å². The molecule has 1 saturated heterocycles. The second-order valence-corrected chi connectivity index (χ2v) is 6.26. The molecule has 2 aliphatic heterocycles. The minimum Gasteiger partial charge on any atom is -0.379 e. The van der Waals surface area contributed by atoms with Gasteiger partial charge in [-0.05, 0) is 19.1 Å². The lowest BCUT2D eigenvalue weighted by atomic mass is 9.95. The molecular formula is C17H22FN3O3. The highest BCUT2D eigenvalue weighted by molar-refractivity contribution is 6.05. The summed E-state index contributed by atoms with van der Waals surface area (Å²) in [5, 5.41) is 6.88. The molecule has 1 aromatic carbocycles. The normalized spacial score (nSPS) is 24.3. The van der Waals surface area contributed by atoms with Gasteiger partial charge < -0.3 is 14.9 Å². The Morgan fingerprint density at radius 2 is 2.21 bits per heavy atom. The van der Waals surface area contributed by atoms with Crippen LogP contribution >= 0.6 is 0 Å². The van der Waals surface area contributed by atoms with Gasteiger partial charge in [-0.1, -0.05) is 17.3 Å². The molecule has 1 aromatic rings. The number of morpholine rings is 1. The average Bonchev–Trinajstić information content (AvgIpc) is 3.00. The first kappa shape index (κ1) is 16.9. The molecule has 0 aromatic heterocycles. The van der Waals surface area contributed by atoms with E-state index in [1.165, 1.54) is 12.1 Å². The zero-order valence-corrected chi connectivity index (χ0v) is 13.8. The van der Waals surface area contributed by atoms with E-state index in [0.29, 0.717) is 24.2 Å². The maximum Gasteiger partial charge on any atom is 0.267 e. The number of amides is 1. The molecule has 7 heteroatoms. The monoisotopic (exact) mass is 335 g/mol. The molecule has 0 saturated carbocycles. The van der Waals surface area contributed by atoms with Crippen molar-refractivity contribution in [3.05, 3.63) is 35.6 Å². The van der Waals surface area contributed by atoms with Crippen molar-refractivity contribution in [2.24, 2.45) is 5.16 Å². The van der Waals surface area contributed by atoms with E-state index in [1.807, 2.05) is 0 Å². The van der Waals surface area contributed by atoms with Gasteiger partial charge in [0.15, 0.2) is 0 Å². The molecule has 0 bridgehead atoms. The summed E-state index contributed by atoms with van der Waals surface area (Å²) in [7, 11) is 0. The number of oxime groups is 1. The number of benzene rings is 1. The van der Waals surface area contributed by atoms with Gasteiger partial charge in [-0.25, -0.2) is 4.39 Å². The van der Waals surface area contributed by atoms with Gasteiger partial charge in [0.05, 0.1) is 18.9 Å². The number of nitrogens with one attached hydrogen (secondary N) is 1. The Kier molecular flexibility index (Phi) is 5.11. The first-order valence-electron chi connectivity index (χ1n) is 8.16. The third kappa shape index (κ3) is 3.91. The van der Waals surface area contributed by atoms with Crippen molar-refractivity contribution in [1.29, 1.82) is 0 Å². The van der Waals surface area contributed by atoms with Crippen LogP contribution in [0.1, 0.15) is 18.9 Å². The van der Waals surface area contributed by atoms with Gasteiger partial charge in [0, 0.05) is 38.2 Å². The van der Waals surface area contributed by atoms with Crippen molar-refractivity contribution >= 4 is 11.6 Å². The van der Waals surface area contributed by atoms with Crippen LogP contribution in [0.15, 0.2) is 29.4 Å². The lowest BCUT2D eigenvalue weighted by molar-refractivity contribution is -0.141. The van der Waals surface area contributed by atoms with Crippen LogP contribution in [0, 0.1) is 5.82 Å². The van der Waals surface area contributed by atoms with Gasteiger partial charge in [-0.3, -0.25) is 9.69 Å². The number of hydrogen-bond donors (Lipinski definition) is 1. The fraction of sp³-hybridized carbons (Fsp3) is 0.529. The van der Waals surface area contributed by atoms with E-state index in [9.17, 15) is 9.18 Å². The molecule has 1 atom stereocenters. The molecular weight excluding hydrogens is 313 g/mol. The van der Waals surface area contributed by atoms with Gasteiger partial charge in [0.2, 0.25) is 5.60 Å². The molecule has 130 valence electrons. The van der Waals surface area contributed by atoms with Crippen LogP contribution in [-0.2, 0) is 14.4 Å². The highest BCUT2D eigenvalue weighted by Crippen LogP contribution is 2.27. The van der Waals surface area contributed by atoms with Crippen molar-refractivity contribution in [3.8, 4) is 0 Å². The van der Waals surface area contributed by atoms with Crippen LogP contribution < -0.4 is 5.32 Å². The molecule has 2 aliphatic rings. The SMILES string of the molecule is C[C@@]1(C(=O)NCCN2CCOCC2)CC(c2cccc(F)c2)=NO1. The smallest absolute Gasteiger partial charge is 0.267 e. The maximum absolute atomic E-state index is 13.3. The van der Waals surface area contributed by atoms with Crippen molar-refractivity contribution in [3.63, 3.8) is 0 Å². The molecule has 0 aliphatic carbocycles. The minimum absolute atomic E-state index is 0.203. The van der Waals surface area contributed by atoms with Crippen LogP contribution in [0.4, 0.5) is 4.39 Å². The van der Waals surface area contributed by atoms with Gasteiger partial charge in [-0.2, -0.15) is 0 Å². The summed E-state index contributed by atoms with van der Waals surface area (Å²) in [6.45, 7) is 6.27. The Morgan fingerprint density at radius 1 is 1.42 bits per heavy atom. The third-order valence-electron chi connectivity index (χ3n) is 4.32.